The van der Waals surface area contributed by atoms with E-state index in [-0.39, 0.29) is 19.0 Å². The van der Waals surface area contributed by atoms with Crippen LogP contribution in [-0.2, 0) is 4.74 Å². The van der Waals surface area contributed by atoms with Crippen LogP contribution in [-0.4, -0.2) is 50.7 Å². The Balaban J connectivity index is 2.50. The van der Waals surface area contributed by atoms with Gasteiger partial charge in [-0.2, -0.15) is 4.57 Å². The second-order valence-electron chi connectivity index (χ2n) is 5.50. The maximum atomic E-state index is 12.6. The topological polar surface area (TPSA) is 132 Å². The zero-order valence-corrected chi connectivity index (χ0v) is 13.2. The van der Waals surface area contributed by atoms with Crippen molar-refractivity contribution in [2.45, 2.75) is 45.1 Å². The van der Waals surface area contributed by atoms with Crippen LogP contribution in [0.25, 0.3) is 0 Å². The van der Waals surface area contributed by atoms with E-state index in [0.29, 0.717) is 12.1 Å². The van der Waals surface area contributed by atoms with Crippen LogP contribution in [0.2, 0.25) is 0 Å². The molecule has 1 aromatic heterocycles. The number of nitrogens with two attached hydrogens (primary N) is 1. The molecular weight excluding hydrogens is 304 g/mol. The Bertz CT molecular complexity index is 708. The van der Waals surface area contributed by atoms with E-state index >= 15 is 0 Å². The lowest BCUT2D eigenvalue weighted by Gasteiger charge is -2.17. The summed E-state index contributed by atoms with van der Waals surface area (Å²) in [6.07, 6.45) is -0.201. The summed E-state index contributed by atoms with van der Waals surface area (Å²) in [7, 11) is 0. The van der Waals surface area contributed by atoms with Gasteiger partial charge in [-0.05, 0) is 13.3 Å². The van der Waals surface area contributed by atoms with Gasteiger partial charge < -0.3 is 20.7 Å². The van der Waals surface area contributed by atoms with Crippen LogP contribution in [0, 0.1) is 6.92 Å². The van der Waals surface area contributed by atoms with E-state index in [4.69, 9.17) is 15.6 Å². The van der Waals surface area contributed by atoms with Crippen LogP contribution >= 0.6 is 0 Å². The maximum Gasteiger partial charge on any atom is 0.340 e. The molecule has 0 spiro atoms. The van der Waals surface area contributed by atoms with Gasteiger partial charge in [-0.3, -0.25) is 14.4 Å². The smallest absolute Gasteiger partial charge is 0.340 e. The highest BCUT2D eigenvalue weighted by atomic mass is 16.5. The Morgan fingerprint density at radius 2 is 2.22 bits per heavy atom. The molecule has 2 rings (SSSR count). The Morgan fingerprint density at radius 1 is 1.52 bits per heavy atom. The van der Waals surface area contributed by atoms with E-state index in [1.165, 1.54) is 10.8 Å². The average Bonchev–Trinajstić information content (AvgIpc) is 2.89. The fraction of sp³-hybridized carbons (Fsp3) is 0.643. The fourth-order valence-electron chi connectivity index (χ4n) is 2.45. The molecule has 0 aliphatic carbocycles. The molecule has 1 aliphatic rings. The number of aliphatic hydroxyl groups excluding tert-OH is 2. The predicted molar refractivity (Wildman–Crippen MR) is 83.5 cm³/mol. The van der Waals surface area contributed by atoms with Gasteiger partial charge in [0.1, 0.15) is 12.3 Å². The highest BCUT2D eigenvalue weighted by Crippen LogP contribution is 2.27. The third-order valence-corrected chi connectivity index (χ3v) is 3.71. The minimum Gasteiger partial charge on any atom is -0.394 e. The number of hydrogen-bond donors (Lipinski definition) is 3. The van der Waals surface area contributed by atoms with Crippen LogP contribution < -0.4 is 17.0 Å². The monoisotopic (exact) mass is 326 g/mol. The first kappa shape index (κ1) is 17.4. The number of hydrogen-bond acceptors (Lipinski definition) is 6. The highest BCUT2D eigenvalue weighted by molar-refractivity contribution is 5.80. The molecule has 23 heavy (non-hydrogen) atoms. The molecule has 1 aliphatic heterocycles. The Hall–Kier alpha value is -1.97. The summed E-state index contributed by atoms with van der Waals surface area (Å²) in [4.78, 5) is 28.8. The van der Waals surface area contributed by atoms with E-state index in [9.17, 15) is 14.7 Å². The molecule has 3 atom stereocenters. The van der Waals surface area contributed by atoms with Crippen molar-refractivity contribution in [3.63, 3.8) is 0 Å². The molecule has 4 N–H and O–H groups in total. The molecule has 0 radical (unpaired) electrons. The van der Waals surface area contributed by atoms with Crippen molar-refractivity contribution in [1.29, 1.82) is 0 Å². The summed E-state index contributed by atoms with van der Waals surface area (Å²) < 4.78 is 7.46. The Labute approximate surface area is 132 Å². The summed E-state index contributed by atoms with van der Waals surface area (Å²) in [5.74, 6) is -0.170. The van der Waals surface area contributed by atoms with Gasteiger partial charge >= 0.3 is 5.69 Å². The second kappa shape index (κ2) is 7.07. The van der Waals surface area contributed by atoms with Crippen molar-refractivity contribution in [2.75, 3.05) is 13.2 Å². The summed E-state index contributed by atoms with van der Waals surface area (Å²) >= 11 is 0. The second-order valence-corrected chi connectivity index (χ2v) is 5.50. The van der Waals surface area contributed by atoms with Crippen molar-refractivity contribution in [1.82, 2.24) is 9.13 Å². The van der Waals surface area contributed by atoms with Crippen LogP contribution in [0.5, 0.6) is 0 Å². The summed E-state index contributed by atoms with van der Waals surface area (Å²) in [5.41, 5.74) is 4.84. The predicted octanol–water partition coefficient (Wildman–Crippen LogP) is -1.47. The van der Waals surface area contributed by atoms with Crippen molar-refractivity contribution in [2.24, 2.45) is 10.7 Å². The average molecular weight is 326 g/mol. The lowest BCUT2D eigenvalue weighted by atomic mass is 10.2. The third-order valence-electron chi connectivity index (χ3n) is 3.71. The zero-order valence-electron chi connectivity index (χ0n) is 13.2. The first-order chi connectivity index (χ1) is 10.9. The lowest BCUT2D eigenvalue weighted by molar-refractivity contribution is -0.0461. The number of aliphatic hydroxyl groups is 2. The van der Waals surface area contributed by atoms with Crippen LogP contribution in [0.15, 0.2) is 20.8 Å². The minimum atomic E-state index is -0.885. The molecule has 0 aromatic carbocycles. The van der Waals surface area contributed by atoms with Gasteiger partial charge in [0.2, 0.25) is 5.96 Å². The third kappa shape index (κ3) is 3.36. The molecule has 0 unspecified atom stereocenters. The molecular formula is C14H22N4O5. The van der Waals surface area contributed by atoms with Gasteiger partial charge in [-0.1, -0.05) is 6.92 Å². The molecule has 0 saturated carbocycles. The molecule has 128 valence electrons. The minimum absolute atomic E-state index is 0.134. The summed E-state index contributed by atoms with van der Waals surface area (Å²) in [6.45, 7) is 3.50. The van der Waals surface area contributed by atoms with Crippen molar-refractivity contribution < 1.29 is 14.9 Å². The Kier molecular flexibility index (Phi) is 5.34. The molecule has 2 heterocycles. The number of rotatable bonds is 4. The highest BCUT2D eigenvalue weighted by Gasteiger charge is 2.35. The molecule has 9 nitrogen and oxygen atoms in total. The largest absolute Gasteiger partial charge is 0.394 e. The van der Waals surface area contributed by atoms with Gasteiger partial charge in [0.05, 0.1) is 12.7 Å². The lowest BCUT2D eigenvalue weighted by Crippen LogP contribution is -2.48. The number of nitrogens with zero attached hydrogens (tertiary/aromatic N) is 3. The summed E-state index contributed by atoms with van der Waals surface area (Å²) in [6, 6.07) is 0. The van der Waals surface area contributed by atoms with Gasteiger partial charge in [-0.25, -0.2) is 4.79 Å². The first-order valence-corrected chi connectivity index (χ1v) is 7.50. The molecule has 9 heteroatoms. The van der Waals surface area contributed by atoms with E-state index in [1.54, 1.807) is 6.92 Å². The van der Waals surface area contributed by atoms with Gasteiger partial charge in [0.25, 0.3) is 5.56 Å². The van der Waals surface area contributed by atoms with Crippen LogP contribution in [0.1, 0.15) is 31.6 Å². The van der Waals surface area contributed by atoms with Gasteiger partial charge in [-0.15, -0.1) is 0 Å². The summed E-state index contributed by atoms with van der Waals surface area (Å²) in [5, 5.41) is 19.0. The quantitative estimate of drug-likeness (QED) is 0.457. The first-order valence-electron chi connectivity index (χ1n) is 7.50. The van der Waals surface area contributed by atoms with Crippen molar-refractivity contribution in [3.8, 4) is 0 Å². The molecule has 1 fully saturated rings. The molecule has 1 aromatic rings. The van der Waals surface area contributed by atoms with Crippen LogP contribution in [0.4, 0.5) is 0 Å². The van der Waals surface area contributed by atoms with E-state index < -0.39 is 29.7 Å². The van der Waals surface area contributed by atoms with Crippen LogP contribution in [0.3, 0.4) is 0 Å². The molecule has 1 saturated heterocycles. The number of ether oxygens (including phenoxy) is 1. The Morgan fingerprint density at radius 3 is 2.78 bits per heavy atom. The van der Waals surface area contributed by atoms with Gasteiger partial charge in [0, 0.05) is 24.7 Å². The number of aliphatic imine (C=N–C) groups is 1. The normalized spacial score (nSPS) is 25.0. The van der Waals surface area contributed by atoms with Crippen molar-refractivity contribution >= 4 is 5.96 Å². The SMILES string of the molecule is CCCN=C(N)n1c(=O)c(C)cn([C@H]2C[C@H](O)[C@@H](CO)O2)c1=O. The standard InChI is InChI=1S/C14H22N4O5/c1-3-4-16-13(15)18-12(21)8(2)6-17(14(18)22)11-5-9(20)10(7-19)23-11/h6,9-11,19-20H,3-5,7H2,1-2H3,(H2,15,16)/t9-,10+,11+/m0/s1. The van der Waals surface area contributed by atoms with E-state index in [1.807, 2.05) is 6.92 Å². The van der Waals surface area contributed by atoms with Crippen molar-refractivity contribution in [3.05, 3.63) is 32.6 Å². The van der Waals surface area contributed by atoms with Gasteiger partial charge in [0.15, 0.2) is 0 Å². The number of aromatic nitrogens is 2. The van der Waals surface area contributed by atoms with E-state index in [2.05, 4.69) is 4.99 Å². The molecule has 0 amide bonds. The zero-order chi connectivity index (χ0) is 17.1. The molecule has 0 bridgehead atoms. The maximum absolute atomic E-state index is 12.6. The van der Waals surface area contributed by atoms with E-state index in [0.717, 1.165) is 11.0 Å². The number of aryl methyl sites for hydroxylation is 1. The fourth-order valence-corrected chi connectivity index (χ4v) is 2.45.